The highest BCUT2D eigenvalue weighted by molar-refractivity contribution is 6.13. The lowest BCUT2D eigenvalue weighted by molar-refractivity contribution is -0.117. The summed E-state index contributed by atoms with van der Waals surface area (Å²) < 4.78 is 0. The van der Waals surface area contributed by atoms with E-state index in [9.17, 15) is 9.59 Å². The van der Waals surface area contributed by atoms with E-state index < -0.39 is 0 Å². The number of carbonyl (C=O) groups excluding carboxylic acids is 2. The fourth-order valence-electron chi connectivity index (χ4n) is 2.92. The number of rotatable bonds is 7. The van der Waals surface area contributed by atoms with Gasteiger partial charge in [-0.3, -0.25) is 14.5 Å². The molecule has 0 aliphatic rings. The van der Waals surface area contributed by atoms with Crippen LogP contribution in [0.25, 0.3) is 0 Å². The minimum absolute atomic E-state index is 0.107. The van der Waals surface area contributed by atoms with Crippen molar-refractivity contribution in [3.05, 3.63) is 102 Å². The normalized spacial score (nSPS) is 10.6. The van der Waals surface area contributed by atoms with Crippen LogP contribution in [0.5, 0.6) is 0 Å². The van der Waals surface area contributed by atoms with Crippen LogP contribution in [-0.2, 0) is 11.3 Å². The van der Waals surface area contributed by atoms with E-state index in [4.69, 9.17) is 0 Å². The molecule has 0 aliphatic carbocycles. The zero-order chi connectivity index (χ0) is 19.1. The summed E-state index contributed by atoms with van der Waals surface area (Å²) in [5, 5.41) is 2.88. The number of nitrogens with one attached hydrogen (secondary N) is 1. The standard InChI is InChI=1S/C23H22N2O2/c1-25(16-18-10-4-2-5-11-18)17-22(26)24-21-15-9-8-14-20(21)23(27)19-12-6-3-7-13-19/h2-15H,16-17H2,1H3,(H,24,26). The van der Waals surface area contributed by atoms with Crippen LogP contribution in [0.2, 0.25) is 0 Å². The SMILES string of the molecule is CN(CC(=O)Nc1ccccc1C(=O)c1ccccc1)Cc1ccccc1. The maximum atomic E-state index is 12.8. The largest absolute Gasteiger partial charge is 0.324 e. The number of hydrogen-bond acceptors (Lipinski definition) is 3. The molecule has 0 radical (unpaired) electrons. The number of para-hydroxylation sites is 1. The fraction of sp³-hybridized carbons (Fsp3) is 0.130. The third-order valence-electron chi connectivity index (χ3n) is 4.19. The maximum absolute atomic E-state index is 12.8. The van der Waals surface area contributed by atoms with E-state index in [0.717, 1.165) is 5.56 Å². The molecule has 3 aromatic carbocycles. The third kappa shape index (κ3) is 5.12. The number of amides is 1. The van der Waals surface area contributed by atoms with Crippen molar-refractivity contribution >= 4 is 17.4 Å². The average molecular weight is 358 g/mol. The predicted molar refractivity (Wildman–Crippen MR) is 108 cm³/mol. The van der Waals surface area contributed by atoms with Crippen molar-refractivity contribution in [3.8, 4) is 0 Å². The molecule has 0 aromatic heterocycles. The van der Waals surface area contributed by atoms with Crippen molar-refractivity contribution in [2.75, 3.05) is 18.9 Å². The molecule has 0 spiro atoms. The molecule has 4 heteroatoms. The third-order valence-corrected chi connectivity index (χ3v) is 4.19. The highest BCUT2D eigenvalue weighted by Crippen LogP contribution is 2.19. The smallest absolute Gasteiger partial charge is 0.238 e. The van der Waals surface area contributed by atoms with E-state index in [-0.39, 0.29) is 18.2 Å². The minimum atomic E-state index is -0.151. The van der Waals surface area contributed by atoms with Crippen molar-refractivity contribution in [1.29, 1.82) is 0 Å². The molecule has 1 N–H and O–H groups in total. The van der Waals surface area contributed by atoms with Crippen LogP contribution in [0.4, 0.5) is 5.69 Å². The molecule has 0 fully saturated rings. The number of likely N-dealkylation sites (N-methyl/N-ethyl adjacent to an activating group) is 1. The molecule has 0 saturated carbocycles. The van der Waals surface area contributed by atoms with Crippen LogP contribution < -0.4 is 5.32 Å². The summed E-state index contributed by atoms with van der Waals surface area (Å²) in [5.41, 5.74) is 2.76. The Hall–Kier alpha value is -3.24. The van der Waals surface area contributed by atoms with E-state index in [1.165, 1.54) is 0 Å². The summed E-state index contributed by atoms with van der Waals surface area (Å²) in [6.45, 7) is 0.918. The van der Waals surface area contributed by atoms with Crippen molar-refractivity contribution in [2.24, 2.45) is 0 Å². The van der Waals surface area contributed by atoms with Crippen LogP contribution >= 0.6 is 0 Å². The second-order valence-electron chi connectivity index (χ2n) is 6.45. The molecule has 0 aliphatic heterocycles. The fourth-order valence-corrected chi connectivity index (χ4v) is 2.92. The molecule has 0 atom stereocenters. The van der Waals surface area contributed by atoms with Gasteiger partial charge in [0.25, 0.3) is 0 Å². The van der Waals surface area contributed by atoms with Crippen LogP contribution in [0.15, 0.2) is 84.9 Å². The maximum Gasteiger partial charge on any atom is 0.238 e. The van der Waals surface area contributed by atoms with Gasteiger partial charge in [-0.25, -0.2) is 0 Å². The first-order valence-electron chi connectivity index (χ1n) is 8.84. The lowest BCUT2D eigenvalue weighted by Gasteiger charge is -2.17. The van der Waals surface area contributed by atoms with E-state index in [0.29, 0.717) is 23.4 Å². The Morgan fingerprint density at radius 3 is 2.11 bits per heavy atom. The van der Waals surface area contributed by atoms with Crippen LogP contribution in [0, 0.1) is 0 Å². The van der Waals surface area contributed by atoms with E-state index in [1.54, 1.807) is 30.3 Å². The molecule has 4 nitrogen and oxygen atoms in total. The summed E-state index contributed by atoms with van der Waals surface area (Å²) in [7, 11) is 1.90. The van der Waals surface area contributed by atoms with E-state index in [1.807, 2.05) is 66.5 Å². The number of benzene rings is 3. The van der Waals surface area contributed by atoms with Gasteiger partial charge >= 0.3 is 0 Å². The zero-order valence-corrected chi connectivity index (χ0v) is 15.3. The Kier molecular flexibility index (Phi) is 6.13. The Morgan fingerprint density at radius 1 is 0.815 bits per heavy atom. The van der Waals surface area contributed by atoms with Gasteiger partial charge in [0.1, 0.15) is 0 Å². The van der Waals surface area contributed by atoms with Crippen molar-refractivity contribution in [3.63, 3.8) is 0 Å². The summed E-state index contributed by atoms with van der Waals surface area (Å²) in [6.07, 6.45) is 0. The lowest BCUT2D eigenvalue weighted by atomic mass is 10.0. The average Bonchev–Trinajstić information content (AvgIpc) is 2.69. The molecule has 0 unspecified atom stereocenters. The molecule has 136 valence electrons. The highest BCUT2D eigenvalue weighted by Gasteiger charge is 2.15. The minimum Gasteiger partial charge on any atom is -0.324 e. The number of anilines is 1. The summed E-state index contributed by atoms with van der Waals surface area (Å²) >= 11 is 0. The molecule has 0 saturated heterocycles. The lowest BCUT2D eigenvalue weighted by Crippen LogP contribution is -2.30. The Morgan fingerprint density at radius 2 is 1.41 bits per heavy atom. The van der Waals surface area contributed by atoms with Gasteiger partial charge in [0.05, 0.1) is 12.2 Å². The molecule has 0 heterocycles. The summed E-state index contributed by atoms with van der Waals surface area (Å²) in [4.78, 5) is 27.1. The first-order valence-corrected chi connectivity index (χ1v) is 8.84. The van der Waals surface area contributed by atoms with Crippen LogP contribution in [-0.4, -0.2) is 30.2 Å². The zero-order valence-electron chi connectivity index (χ0n) is 15.3. The van der Waals surface area contributed by atoms with Gasteiger partial charge < -0.3 is 5.32 Å². The second-order valence-corrected chi connectivity index (χ2v) is 6.45. The van der Waals surface area contributed by atoms with Crippen molar-refractivity contribution in [1.82, 2.24) is 4.90 Å². The number of carbonyl (C=O) groups is 2. The van der Waals surface area contributed by atoms with Gasteiger partial charge in [-0.1, -0.05) is 72.8 Å². The number of nitrogens with zero attached hydrogens (tertiary/aromatic N) is 1. The monoisotopic (exact) mass is 358 g/mol. The van der Waals surface area contributed by atoms with Crippen LogP contribution in [0.3, 0.4) is 0 Å². The first kappa shape index (κ1) is 18.5. The Labute approximate surface area is 159 Å². The van der Waals surface area contributed by atoms with Gasteiger partial charge in [0.15, 0.2) is 5.78 Å². The summed E-state index contributed by atoms with van der Waals surface area (Å²) in [5.74, 6) is -0.258. The number of ketones is 1. The molecule has 3 aromatic rings. The molecule has 0 bridgehead atoms. The van der Waals surface area contributed by atoms with Gasteiger partial charge in [-0.05, 0) is 24.7 Å². The highest BCUT2D eigenvalue weighted by atomic mass is 16.2. The quantitative estimate of drug-likeness (QED) is 0.650. The number of hydrogen-bond donors (Lipinski definition) is 1. The molecular weight excluding hydrogens is 336 g/mol. The molecule has 27 heavy (non-hydrogen) atoms. The summed E-state index contributed by atoms with van der Waals surface area (Å²) in [6, 6.07) is 26.2. The van der Waals surface area contributed by atoms with Gasteiger partial charge in [-0.2, -0.15) is 0 Å². The Bertz CT molecular complexity index is 908. The Balaban J connectivity index is 1.67. The van der Waals surface area contributed by atoms with Gasteiger partial charge in [0, 0.05) is 17.7 Å². The second kappa shape index (κ2) is 8.92. The van der Waals surface area contributed by atoms with Gasteiger partial charge in [0.2, 0.25) is 5.91 Å². The molecule has 1 amide bonds. The van der Waals surface area contributed by atoms with E-state index in [2.05, 4.69) is 5.32 Å². The van der Waals surface area contributed by atoms with Crippen molar-refractivity contribution < 1.29 is 9.59 Å². The first-order chi connectivity index (χ1) is 13.1. The van der Waals surface area contributed by atoms with Crippen molar-refractivity contribution in [2.45, 2.75) is 6.54 Å². The molecule has 3 rings (SSSR count). The van der Waals surface area contributed by atoms with E-state index >= 15 is 0 Å². The van der Waals surface area contributed by atoms with Gasteiger partial charge in [-0.15, -0.1) is 0 Å². The van der Waals surface area contributed by atoms with Crippen LogP contribution in [0.1, 0.15) is 21.5 Å². The molecular formula is C23H22N2O2. The predicted octanol–water partition coefficient (Wildman–Crippen LogP) is 3.99. The topological polar surface area (TPSA) is 49.4 Å².